The van der Waals surface area contributed by atoms with Gasteiger partial charge >= 0.3 is 0 Å². The molecule has 4 unspecified atom stereocenters. The number of primary amides is 1. The second kappa shape index (κ2) is 11.6. The highest BCUT2D eigenvalue weighted by atomic mass is 16.3. The number of ketones is 1. The van der Waals surface area contributed by atoms with Crippen molar-refractivity contribution < 1.29 is 30.0 Å². The number of aliphatic hydroxyl groups excluding tert-OH is 4. The Labute approximate surface area is 126 Å². The molecule has 0 aliphatic rings. The Morgan fingerprint density at radius 1 is 0.810 bits per heavy atom. The van der Waals surface area contributed by atoms with Crippen molar-refractivity contribution in [2.45, 2.75) is 66.5 Å². The van der Waals surface area contributed by atoms with E-state index in [-0.39, 0.29) is 25.0 Å². The molecule has 0 aromatic rings. The topological polar surface area (TPSA) is 141 Å². The van der Waals surface area contributed by atoms with Crippen LogP contribution < -0.4 is 5.73 Å². The number of rotatable bonds is 6. The van der Waals surface area contributed by atoms with E-state index in [0.29, 0.717) is 0 Å². The van der Waals surface area contributed by atoms with Crippen LogP contribution >= 0.6 is 0 Å². The minimum absolute atomic E-state index is 0. The molecule has 0 fully saturated rings. The van der Waals surface area contributed by atoms with Gasteiger partial charge in [0.05, 0.1) is 12.2 Å². The molecule has 0 rings (SSSR count). The predicted molar refractivity (Wildman–Crippen MR) is 80.3 cm³/mol. The van der Waals surface area contributed by atoms with E-state index in [0.717, 1.165) is 0 Å². The second-order valence-electron chi connectivity index (χ2n) is 5.37. The highest BCUT2D eigenvalue weighted by molar-refractivity contribution is 5.80. The molecule has 0 aromatic heterocycles. The zero-order chi connectivity index (χ0) is 16.6. The van der Waals surface area contributed by atoms with Crippen molar-refractivity contribution in [3.05, 3.63) is 0 Å². The van der Waals surface area contributed by atoms with Crippen molar-refractivity contribution in [2.24, 2.45) is 17.6 Å². The Morgan fingerprint density at radius 2 is 1.10 bits per heavy atom. The number of carbonyl (C=O) groups is 2. The van der Waals surface area contributed by atoms with Crippen LogP contribution in [-0.4, -0.2) is 56.5 Å². The molecule has 128 valence electrons. The highest BCUT2D eigenvalue weighted by Gasteiger charge is 2.24. The van der Waals surface area contributed by atoms with Gasteiger partial charge in [-0.05, 0) is 18.8 Å². The molecule has 6 N–H and O–H groups in total. The fourth-order valence-electron chi connectivity index (χ4n) is 1.14. The van der Waals surface area contributed by atoms with E-state index in [1.54, 1.807) is 27.7 Å². The third-order valence-electron chi connectivity index (χ3n) is 2.72. The Bertz CT molecular complexity index is 276. The molecule has 0 aromatic carbocycles. The van der Waals surface area contributed by atoms with Crippen LogP contribution in [0.15, 0.2) is 0 Å². The first-order valence-corrected chi connectivity index (χ1v) is 6.45. The maximum Gasteiger partial charge on any atom is 0.248 e. The highest BCUT2D eigenvalue weighted by Crippen LogP contribution is 2.06. The van der Waals surface area contributed by atoms with Gasteiger partial charge in [-0.2, -0.15) is 0 Å². The van der Waals surface area contributed by atoms with Gasteiger partial charge in [-0.1, -0.05) is 35.1 Å². The molecule has 0 aliphatic carbocycles. The number of aliphatic hydroxyl groups is 4. The van der Waals surface area contributed by atoms with Crippen LogP contribution in [0.25, 0.3) is 0 Å². The molecule has 0 aliphatic heterocycles. The van der Waals surface area contributed by atoms with Gasteiger partial charge in [0.2, 0.25) is 5.91 Å². The van der Waals surface area contributed by atoms with Gasteiger partial charge in [0.15, 0.2) is 11.9 Å². The first-order valence-electron chi connectivity index (χ1n) is 6.45. The number of Topliss-reactive ketones (excluding diaryl/α,β-unsaturated/α-hetero) is 1. The molecule has 0 bridgehead atoms. The van der Waals surface area contributed by atoms with Gasteiger partial charge in [-0.3, -0.25) is 9.59 Å². The lowest BCUT2D eigenvalue weighted by Gasteiger charge is -2.17. The van der Waals surface area contributed by atoms with Crippen molar-refractivity contribution >= 4 is 11.7 Å². The Morgan fingerprint density at radius 3 is 1.19 bits per heavy atom. The predicted octanol–water partition coefficient (Wildman–Crippen LogP) is -0.561. The first kappa shape index (κ1) is 25.0. The van der Waals surface area contributed by atoms with Gasteiger partial charge < -0.3 is 26.2 Å². The molecule has 0 heterocycles. The van der Waals surface area contributed by atoms with Gasteiger partial charge in [0.25, 0.3) is 0 Å². The summed E-state index contributed by atoms with van der Waals surface area (Å²) >= 11 is 0. The van der Waals surface area contributed by atoms with E-state index in [1.165, 1.54) is 6.92 Å². The maximum absolute atomic E-state index is 10.5. The molecule has 0 radical (unpaired) electrons. The molecule has 0 spiro atoms. The fraction of sp³-hybridized carbons (Fsp3) is 0.857. The molecule has 0 saturated heterocycles. The van der Waals surface area contributed by atoms with E-state index in [9.17, 15) is 9.59 Å². The number of hydrogen-bond donors (Lipinski definition) is 5. The smallest absolute Gasteiger partial charge is 0.248 e. The van der Waals surface area contributed by atoms with E-state index in [1.807, 2.05) is 0 Å². The Balaban J connectivity index is -0.000000295. The minimum Gasteiger partial charge on any atom is -0.390 e. The van der Waals surface area contributed by atoms with Crippen molar-refractivity contribution in [3.8, 4) is 0 Å². The summed E-state index contributed by atoms with van der Waals surface area (Å²) in [5.41, 5.74) is 4.73. The molecular formula is C14H31NO6. The monoisotopic (exact) mass is 309 g/mol. The van der Waals surface area contributed by atoms with Crippen LogP contribution in [0.2, 0.25) is 0 Å². The van der Waals surface area contributed by atoms with E-state index in [2.05, 4.69) is 0 Å². The first-order chi connectivity index (χ1) is 8.93. The van der Waals surface area contributed by atoms with Gasteiger partial charge in [-0.25, -0.2) is 0 Å². The Kier molecular flexibility index (Phi) is 13.8. The fourth-order valence-corrected chi connectivity index (χ4v) is 1.14. The quantitative estimate of drug-likeness (QED) is 0.445. The van der Waals surface area contributed by atoms with Gasteiger partial charge in [0, 0.05) is 0 Å². The van der Waals surface area contributed by atoms with Gasteiger partial charge in [-0.15, -0.1) is 0 Å². The van der Waals surface area contributed by atoms with Crippen LogP contribution in [0.3, 0.4) is 0 Å². The number of amides is 1. The third kappa shape index (κ3) is 10.4. The number of carbonyl (C=O) groups excluding carboxylic acids is 2. The lowest BCUT2D eigenvalue weighted by Crippen LogP contribution is -2.41. The van der Waals surface area contributed by atoms with Gasteiger partial charge in [0.1, 0.15) is 6.10 Å². The summed E-state index contributed by atoms with van der Waals surface area (Å²) in [6.45, 7) is 8.14. The zero-order valence-corrected chi connectivity index (χ0v) is 12.6. The van der Waals surface area contributed by atoms with Crippen LogP contribution in [-0.2, 0) is 9.59 Å². The van der Waals surface area contributed by atoms with Crippen LogP contribution in [0.4, 0.5) is 0 Å². The third-order valence-corrected chi connectivity index (χ3v) is 2.72. The average Bonchev–Trinajstić information content (AvgIpc) is 2.35. The maximum atomic E-state index is 10.5. The van der Waals surface area contributed by atoms with Crippen molar-refractivity contribution in [3.63, 3.8) is 0 Å². The minimum atomic E-state index is -1.44. The number of nitrogens with two attached hydrogens (primary N) is 1. The molecule has 0 saturated carbocycles. The normalized spacial score (nSPS) is 16.1. The van der Waals surface area contributed by atoms with Crippen molar-refractivity contribution in [1.29, 1.82) is 0 Å². The second-order valence-corrected chi connectivity index (χ2v) is 5.37. The van der Waals surface area contributed by atoms with Crippen molar-refractivity contribution in [1.82, 2.24) is 0 Å². The van der Waals surface area contributed by atoms with E-state index in [4.69, 9.17) is 26.2 Å². The molecule has 7 nitrogen and oxygen atoms in total. The summed E-state index contributed by atoms with van der Waals surface area (Å²) in [7, 11) is 0. The average molecular weight is 309 g/mol. The molecule has 4 atom stereocenters. The lowest BCUT2D eigenvalue weighted by molar-refractivity contribution is -0.133. The summed E-state index contributed by atoms with van der Waals surface area (Å²) in [4.78, 5) is 20.7. The summed E-state index contributed by atoms with van der Waals surface area (Å²) in [6.07, 6.45) is -4.66. The van der Waals surface area contributed by atoms with E-state index >= 15 is 0 Å². The number of hydrogen-bond acceptors (Lipinski definition) is 6. The molecule has 7 heteroatoms. The Hall–Kier alpha value is -1.02. The van der Waals surface area contributed by atoms with Crippen LogP contribution in [0, 0.1) is 11.8 Å². The largest absolute Gasteiger partial charge is 0.390 e. The van der Waals surface area contributed by atoms with Crippen LogP contribution in [0.5, 0.6) is 0 Å². The lowest BCUT2D eigenvalue weighted by atomic mass is 10.00. The van der Waals surface area contributed by atoms with Crippen molar-refractivity contribution in [2.75, 3.05) is 0 Å². The standard InChI is InChI=1S/C7H14O3.C6H13NO3.CH4/c1-4(2)6(9)7(10)5(3)8;1-3(2)4(8)5(9)6(7)10;/h4,6-7,9-10H,1-3H3;3-5,8-9H,1-2H3,(H2,7,10);1H4. The van der Waals surface area contributed by atoms with E-state index < -0.39 is 30.3 Å². The van der Waals surface area contributed by atoms with Crippen LogP contribution in [0.1, 0.15) is 42.0 Å². The summed E-state index contributed by atoms with van der Waals surface area (Å²) in [5.74, 6) is -1.52. The summed E-state index contributed by atoms with van der Waals surface area (Å²) in [5, 5.41) is 35.9. The zero-order valence-electron chi connectivity index (χ0n) is 12.6. The summed E-state index contributed by atoms with van der Waals surface area (Å²) in [6, 6.07) is 0. The SMILES string of the molecule is C.CC(=O)C(O)C(O)C(C)C.CC(C)C(O)C(O)C(N)=O. The molecule has 21 heavy (non-hydrogen) atoms. The molecular weight excluding hydrogens is 278 g/mol. The summed E-state index contributed by atoms with van der Waals surface area (Å²) < 4.78 is 0. The molecule has 1 amide bonds.